The molecular formula is C12H12F3NO2. The van der Waals surface area contributed by atoms with E-state index in [2.05, 4.69) is 5.32 Å². The Labute approximate surface area is 102 Å². The number of hydrogen-bond acceptors (Lipinski definition) is 2. The highest BCUT2D eigenvalue weighted by Crippen LogP contribution is 2.35. The van der Waals surface area contributed by atoms with Gasteiger partial charge < -0.3 is 10.4 Å². The second-order valence-electron chi connectivity index (χ2n) is 4.38. The number of anilines is 1. The summed E-state index contributed by atoms with van der Waals surface area (Å²) < 4.78 is 37.5. The fourth-order valence-electron chi connectivity index (χ4n) is 1.78. The molecule has 1 atom stereocenters. The molecule has 1 aliphatic carbocycles. The molecule has 1 aromatic rings. The van der Waals surface area contributed by atoms with Crippen molar-refractivity contribution in [1.82, 2.24) is 0 Å². The van der Waals surface area contributed by atoms with Gasteiger partial charge in [-0.1, -0.05) is 6.07 Å². The first kappa shape index (κ1) is 12.7. The molecule has 2 rings (SSSR count). The second-order valence-corrected chi connectivity index (χ2v) is 4.38. The lowest BCUT2D eigenvalue weighted by atomic mass is 10.1. The zero-order valence-corrected chi connectivity index (χ0v) is 9.37. The van der Waals surface area contributed by atoms with Gasteiger partial charge in [0.25, 0.3) is 0 Å². The smallest absolute Gasteiger partial charge is 0.416 e. The van der Waals surface area contributed by atoms with Crippen molar-refractivity contribution in [3.8, 4) is 0 Å². The molecule has 18 heavy (non-hydrogen) atoms. The monoisotopic (exact) mass is 259 g/mol. The summed E-state index contributed by atoms with van der Waals surface area (Å²) in [6, 6.07) is 3.77. The molecule has 98 valence electrons. The lowest BCUT2D eigenvalue weighted by Gasteiger charge is -2.16. The predicted molar refractivity (Wildman–Crippen MR) is 59.2 cm³/mol. The Kier molecular flexibility index (Phi) is 3.19. The minimum atomic E-state index is -4.42. The number of aliphatic carboxylic acids is 1. The third-order valence-electron chi connectivity index (χ3n) is 2.87. The molecule has 0 spiro atoms. The molecule has 0 heterocycles. The Morgan fingerprint density at radius 2 is 2.06 bits per heavy atom. The van der Waals surface area contributed by atoms with Crippen LogP contribution in [0.2, 0.25) is 0 Å². The molecule has 1 unspecified atom stereocenters. The van der Waals surface area contributed by atoms with Crippen molar-refractivity contribution in [3.05, 3.63) is 29.8 Å². The summed E-state index contributed by atoms with van der Waals surface area (Å²) >= 11 is 0. The summed E-state index contributed by atoms with van der Waals surface area (Å²) in [5, 5.41) is 11.6. The van der Waals surface area contributed by atoms with E-state index in [0.29, 0.717) is 0 Å². The van der Waals surface area contributed by atoms with Crippen molar-refractivity contribution in [2.45, 2.75) is 25.1 Å². The Balaban J connectivity index is 2.15. The van der Waals surface area contributed by atoms with Crippen LogP contribution in [0.1, 0.15) is 18.4 Å². The van der Waals surface area contributed by atoms with Crippen LogP contribution >= 0.6 is 0 Å². The van der Waals surface area contributed by atoms with E-state index in [0.717, 1.165) is 25.0 Å². The van der Waals surface area contributed by atoms with Crippen molar-refractivity contribution in [3.63, 3.8) is 0 Å². The van der Waals surface area contributed by atoms with E-state index >= 15 is 0 Å². The van der Waals surface area contributed by atoms with Crippen molar-refractivity contribution in [1.29, 1.82) is 0 Å². The molecule has 1 fully saturated rings. The van der Waals surface area contributed by atoms with E-state index in [1.54, 1.807) is 0 Å². The first-order chi connectivity index (χ1) is 8.38. The molecule has 1 saturated carbocycles. The topological polar surface area (TPSA) is 49.3 Å². The lowest BCUT2D eigenvalue weighted by molar-refractivity contribution is -0.138. The van der Waals surface area contributed by atoms with Gasteiger partial charge in [0.1, 0.15) is 6.04 Å². The molecule has 0 aromatic heterocycles. The van der Waals surface area contributed by atoms with Crippen molar-refractivity contribution >= 4 is 11.7 Å². The van der Waals surface area contributed by atoms with E-state index in [4.69, 9.17) is 5.11 Å². The summed E-state index contributed by atoms with van der Waals surface area (Å²) in [7, 11) is 0. The van der Waals surface area contributed by atoms with Gasteiger partial charge in [0, 0.05) is 5.69 Å². The third kappa shape index (κ3) is 2.94. The number of carboxylic acid groups (broad SMARTS) is 1. The minimum Gasteiger partial charge on any atom is -0.480 e. The summed E-state index contributed by atoms with van der Waals surface area (Å²) in [6.45, 7) is 0. The number of carboxylic acids is 1. The zero-order valence-electron chi connectivity index (χ0n) is 9.37. The molecule has 0 saturated heterocycles. The van der Waals surface area contributed by atoms with Gasteiger partial charge in [-0.15, -0.1) is 0 Å². The normalized spacial score (nSPS) is 17.3. The van der Waals surface area contributed by atoms with Gasteiger partial charge in [0.2, 0.25) is 0 Å². The van der Waals surface area contributed by atoms with Crippen LogP contribution in [0.25, 0.3) is 0 Å². The largest absolute Gasteiger partial charge is 0.480 e. The summed E-state index contributed by atoms with van der Waals surface area (Å²) in [5.41, 5.74) is -0.600. The quantitative estimate of drug-likeness (QED) is 0.873. The number of carbonyl (C=O) groups is 1. The maximum Gasteiger partial charge on any atom is 0.416 e. The molecule has 1 aliphatic rings. The number of hydrogen-bond donors (Lipinski definition) is 2. The summed E-state index contributed by atoms with van der Waals surface area (Å²) in [6.07, 6.45) is -2.83. The van der Waals surface area contributed by atoms with Gasteiger partial charge in [0.15, 0.2) is 0 Å². The molecule has 6 heteroatoms. The number of nitrogens with one attached hydrogen (secondary N) is 1. The van der Waals surface area contributed by atoms with Crippen LogP contribution in [0.4, 0.5) is 18.9 Å². The number of rotatable bonds is 4. The van der Waals surface area contributed by atoms with E-state index in [9.17, 15) is 18.0 Å². The number of halogens is 3. The van der Waals surface area contributed by atoms with Gasteiger partial charge in [-0.2, -0.15) is 13.2 Å². The van der Waals surface area contributed by atoms with Crippen LogP contribution in [0.15, 0.2) is 24.3 Å². The van der Waals surface area contributed by atoms with E-state index in [1.165, 1.54) is 12.1 Å². The van der Waals surface area contributed by atoms with Crippen LogP contribution in [-0.2, 0) is 11.0 Å². The Bertz CT molecular complexity index is 455. The Hall–Kier alpha value is -1.72. The minimum absolute atomic E-state index is 0.0112. The van der Waals surface area contributed by atoms with Crippen LogP contribution in [0.5, 0.6) is 0 Å². The highest BCUT2D eigenvalue weighted by molar-refractivity contribution is 5.78. The van der Waals surface area contributed by atoms with Crippen LogP contribution in [-0.4, -0.2) is 17.1 Å². The van der Waals surface area contributed by atoms with Gasteiger partial charge in [0.05, 0.1) is 5.56 Å². The maximum absolute atomic E-state index is 12.5. The molecule has 2 N–H and O–H groups in total. The molecule has 0 amide bonds. The van der Waals surface area contributed by atoms with Crippen LogP contribution in [0.3, 0.4) is 0 Å². The fraction of sp³-hybridized carbons (Fsp3) is 0.417. The fourth-order valence-corrected chi connectivity index (χ4v) is 1.78. The molecule has 3 nitrogen and oxygen atoms in total. The molecule has 1 aromatic carbocycles. The zero-order chi connectivity index (χ0) is 13.3. The molecule has 0 radical (unpaired) electrons. The van der Waals surface area contributed by atoms with Crippen molar-refractivity contribution in [2.75, 3.05) is 5.32 Å². The Morgan fingerprint density at radius 1 is 1.39 bits per heavy atom. The van der Waals surface area contributed by atoms with Crippen LogP contribution < -0.4 is 5.32 Å². The van der Waals surface area contributed by atoms with Crippen molar-refractivity contribution in [2.24, 2.45) is 5.92 Å². The average Bonchev–Trinajstić information content (AvgIpc) is 3.08. The first-order valence-corrected chi connectivity index (χ1v) is 5.54. The second kappa shape index (κ2) is 4.51. The van der Waals surface area contributed by atoms with Gasteiger partial charge in [-0.3, -0.25) is 0 Å². The summed E-state index contributed by atoms with van der Waals surface area (Å²) in [4.78, 5) is 11.0. The third-order valence-corrected chi connectivity index (χ3v) is 2.87. The predicted octanol–water partition coefficient (Wildman–Crippen LogP) is 2.98. The van der Waals surface area contributed by atoms with Crippen molar-refractivity contribution < 1.29 is 23.1 Å². The highest BCUT2D eigenvalue weighted by atomic mass is 19.4. The van der Waals surface area contributed by atoms with E-state index in [1.807, 2.05) is 0 Å². The number of alkyl halides is 3. The average molecular weight is 259 g/mol. The van der Waals surface area contributed by atoms with E-state index in [-0.39, 0.29) is 11.6 Å². The van der Waals surface area contributed by atoms with Crippen LogP contribution in [0, 0.1) is 5.92 Å². The number of benzene rings is 1. The molecule has 0 aliphatic heterocycles. The first-order valence-electron chi connectivity index (χ1n) is 5.54. The summed E-state index contributed by atoms with van der Waals surface area (Å²) in [5.74, 6) is -1.02. The molecule has 0 bridgehead atoms. The van der Waals surface area contributed by atoms with E-state index < -0.39 is 23.8 Å². The standard InChI is InChI=1S/C12H12F3NO2/c13-12(14,15)8-2-1-3-9(6-8)16-10(11(17)18)7-4-5-7/h1-3,6-7,10,16H,4-5H2,(H,17,18). The van der Waals surface area contributed by atoms with Gasteiger partial charge >= 0.3 is 12.1 Å². The SMILES string of the molecule is O=C(O)C(Nc1cccc(C(F)(F)F)c1)C1CC1. The van der Waals surface area contributed by atoms with Gasteiger partial charge in [-0.05, 0) is 37.0 Å². The maximum atomic E-state index is 12.5. The van der Waals surface area contributed by atoms with Gasteiger partial charge in [-0.25, -0.2) is 4.79 Å². The molecular weight excluding hydrogens is 247 g/mol. The Morgan fingerprint density at radius 3 is 2.56 bits per heavy atom. The highest BCUT2D eigenvalue weighted by Gasteiger charge is 2.36. The lowest BCUT2D eigenvalue weighted by Crippen LogP contribution is -2.31.